The van der Waals surface area contributed by atoms with Gasteiger partial charge in [0.25, 0.3) is 0 Å². The number of unbranched alkanes of at least 4 members (excludes halogenated alkanes) is 22. The summed E-state index contributed by atoms with van der Waals surface area (Å²) in [7, 11) is 0. The van der Waals surface area contributed by atoms with Crippen molar-refractivity contribution in [2.45, 2.75) is 295 Å². The van der Waals surface area contributed by atoms with E-state index in [1.807, 2.05) is 0 Å². The molecule has 0 spiro atoms. The van der Waals surface area contributed by atoms with Crippen molar-refractivity contribution in [1.82, 2.24) is 0 Å². The van der Waals surface area contributed by atoms with Gasteiger partial charge in [-0.3, -0.25) is 14.4 Å². The van der Waals surface area contributed by atoms with E-state index in [-0.39, 0.29) is 43.6 Å². The number of carbonyl (C=O) groups is 3. The first-order valence-corrected chi connectivity index (χ1v) is 27.8. The molecule has 2 rings (SSSR count). The molecule has 2 fully saturated rings. The molecule has 2 aliphatic rings. The first-order valence-electron chi connectivity index (χ1n) is 27.8. The second kappa shape index (κ2) is 42.6. The molecular formula is C57H100O9. The van der Waals surface area contributed by atoms with E-state index in [1.165, 1.54) is 70.6 Å². The molecule has 382 valence electrons. The molecule has 2 saturated heterocycles. The third kappa shape index (κ3) is 36.5. The Labute approximate surface area is 404 Å². The molecule has 0 amide bonds. The molecule has 0 radical (unpaired) electrons. The maximum absolute atomic E-state index is 12.8. The Morgan fingerprint density at radius 3 is 1.32 bits per heavy atom. The van der Waals surface area contributed by atoms with Crippen LogP contribution in [0.25, 0.3) is 0 Å². The van der Waals surface area contributed by atoms with Crippen LogP contribution in [0.1, 0.15) is 258 Å². The molecular weight excluding hydrogens is 829 g/mol. The Morgan fingerprint density at radius 1 is 0.455 bits per heavy atom. The molecule has 0 aromatic carbocycles. The lowest BCUT2D eigenvalue weighted by Gasteiger charge is -2.18. The molecule has 9 heteroatoms. The van der Waals surface area contributed by atoms with Gasteiger partial charge < -0.3 is 28.8 Å². The predicted octanol–water partition coefficient (Wildman–Crippen LogP) is 15.0. The second-order valence-electron chi connectivity index (χ2n) is 19.4. The lowest BCUT2D eigenvalue weighted by atomic mass is 10.1. The fraction of sp³-hybridized carbons (Fsp3) is 0.842. The molecule has 1 N–H and O–H groups in total. The van der Waals surface area contributed by atoms with E-state index in [0.717, 1.165) is 148 Å². The summed E-state index contributed by atoms with van der Waals surface area (Å²) in [5.41, 5.74) is 0. The van der Waals surface area contributed by atoms with Gasteiger partial charge in [0.05, 0.1) is 30.5 Å². The normalized spacial score (nSPS) is 18.9. The Hall–Kier alpha value is -2.49. The van der Waals surface area contributed by atoms with Crippen LogP contribution in [0.15, 0.2) is 36.5 Å². The quantitative estimate of drug-likeness (QED) is 0.0209. The van der Waals surface area contributed by atoms with Gasteiger partial charge in [-0.25, -0.2) is 0 Å². The zero-order chi connectivity index (χ0) is 47.6. The summed E-state index contributed by atoms with van der Waals surface area (Å²) >= 11 is 0. The fourth-order valence-corrected chi connectivity index (χ4v) is 8.53. The highest BCUT2D eigenvalue weighted by Crippen LogP contribution is 2.31. The number of carbonyl (C=O) groups excluding carboxylic acids is 3. The number of epoxide rings is 2. The van der Waals surface area contributed by atoms with Gasteiger partial charge in [-0.15, -0.1) is 0 Å². The van der Waals surface area contributed by atoms with Crippen LogP contribution in [0.3, 0.4) is 0 Å². The number of ether oxygens (including phenoxy) is 5. The monoisotopic (exact) mass is 929 g/mol. The molecule has 0 saturated carbocycles. The summed E-state index contributed by atoms with van der Waals surface area (Å²) in [6, 6.07) is 0. The van der Waals surface area contributed by atoms with Crippen molar-refractivity contribution in [3.05, 3.63) is 36.5 Å². The van der Waals surface area contributed by atoms with Crippen LogP contribution in [-0.2, 0) is 38.1 Å². The van der Waals surface area contributed by atoms with E-state index in [9.17, 15) is 19.5 Å². The van der Waals surface area contributed by atoms with Crippen LogP contribution in [0.2, 0.25) is 0 Å². The summed E-state index contributed by atoms with van der Waals surface area (Å²) in [5.74, 6) is -0.978. The molecule has 0 aliphatic carbocycles. The lowest BCUT2D eigenvalue weighted by Crippen LogP contribution is -2.30. The van der Waals surface area contributed by atoms with Gasteiger partial charge in [0, 0.05) is 19.3 Å². The van der Waals surface area contributed by atoms with Gasteiger partial charge in [0.15, 0.2) is 6.10 Å². The van der Waals surface area contributed by atoms with E-state index in [2.05, 4.69) is 57.2 Å². The highest BCUT2D eigenvalue weighted by atomic mass is 16.6. The molecule has 5 unspecified atom stereocenters. The van der Waals surface area contributed by atoms with Gasteiger partial charge in [-0.2, -0.15) is 0 Å². The smallest absolute Gasteiger partial charge is 0.306 e. The van der Waals surface area contributed by atoms with Gasteiger partial charge in [-0.05, 0) is 96.3 Å². The molecule has 0 bridgehead atoms. The minimum Gasteiger partial charge on any atom is -0.462 e. The van der Waals surface area contributed by atoms with Crippen LogP contribution >= 0.6 is 0 Å². The summed E-state index contributed by atoms with van der Waals surface area (Å²) in [5, 5.41) is 10.1. The third-order valence-electron chi connectivity index (χ3n) is 13.0. The molecule has 66 heavy (non-hydrogen) atoms. The number of hydrogen-bond acceptors (Lipinski definition) is 9. The fourth-order valence-electron chi connectivity index (χ4n) is 8.53. The average molecular weight is 929 g/mol. The number of allylic oxidation sites excluding steroid dienone is 3. The Morgan fingerprint density at radius 2 is 0.848 bits per heavy atom. The first-order chi connectivity index (χ1) is 32.4. The van der Waals surface area contributed by atoms with E-state index in [4.69, 9.17) is 23.7 Å². The van der Waals surface area contributed by atoms with Crippen molar-refractivity contribution in [3.63, 3.8) is 0 Å². The Bertz CT molecular complexity index is 1200. The molecule has 9 nitrogen and oxygen atoms in total. The summed E-state index contributed by atoms with van der Waals surface area (Å²) < 4.78 is 28.4. The van der Waals surface area contributed by atoms with Crippen LogP contribution in [0.5, 0.6) is 0 Å². The van der Waals surface area contributed by atoms with Crippen LogP contribution in [0.4, 0.5) is 0 Å². The number of hydrogen-bond donors (Lipinski definition) is 1. The average Bonchev–Trinajstić information content (AvgIpc) is 4.25. The molecule has 0 aromatic heterocycles. The van der Waals surface area contributed by atoms with Crippen molar-refractivity contribution < 1.29 is 43.2 Å². The highest BCUT2D eigenvalue weighted by molar-refractivity contribution is 5.71. The number of aliphatic hydroxyl groups is 1. The standard InChI is InChI=1S/C57H100O9/c1-4-7-10-31-38-49(58)39-32-23-17-11-14-22-28-37-46-57(61)64-50(47-62-55(59)44-35-26-20-15-12-18-24-33-42-53-51(65-53)40-29-8-5-2)48-63-56(60)45-36-27-21-16-13-19-25-34-43-54-52(66-54)41-30-9-6-3/h23-25,32-34,49-54,58H,4-22,26-31,35-48H2,1-3H3. The van der Waals surface area contributed by atoms with Gasteiger partial charge in [0.1, 0.15) is 13.2 Å². The molecule has 5 atom stereocenters. The van der Waals surface area contributed by atoms with Crippen molar-refractivity contribution in [2.75, 3.05) is 13.2 Å². The van der Waals surface area contributed by atoms with Gasteiger partial charge in [-0.1, -0.05) is 179 Å². The lowest BCUT2D eigenvalue weighted by molar-refractivity contribution is -0.167. The minimum atomic E-state index is -0.815. The van der Waals surface area contributed by atoms with Gasteiger partial charge in [0.2, 0.25) is 0 Å². The van der Waals surface area contributed by atoms with E-state index in [0.29, 0.717) is 37.3 Å². The van der Waals surface area contributed by atoms with Gasteiger partial charge >= 0.3 is 17.9 Å². The number of rotatable bonds is 48. The minimum absolute atomic E-state index is 0.110. The van der Waals surface area contributed by atoms with E-state index < -0.39 is 6.10 Å². The third-order valence-corrected chi connectivity index (χ3v) is 13.0. The number of aliphatic hydroxyl groups excluding tert-OH is 1. The van der Waals surface area contributed by atoms with Crippen LogP contribution in [0, 0.1) is 0 Å². The van der Waals surface area contributed by atoms with Crippen LogP contribution in [-0.4, -0.2) is 72.9 Å². The zero-order valence-corrected chi connectivity index (χ0v) is 42.7. The van der Waals surface area contributed by atoms with Crippen molar-refractivity contribution in [1.29, 1.82) is 0 Å². The zero-order valence-electron chi connectivity index (χ0n) is 42.7. The molecule has 2 aliphatic heterocycles. The Balaban J connectivity index is 1.59. The summed E-state index contributed by atoms with van der Waals surface area (Å²) in [6.45, 7) is 6.45. The van der Waals surface area contributed by atoms with Crippen molar-refractivity contribution in [3.8, 4) is 0 Å². The predicted molar refractivity (Wildman–Crippen MR) is 270 cm³/mol. The maximum atomic E-state index is 12.8. The maximum Gasteiger partial charge on any atom is 0.306 e. The SMILES string of the molecule is CCCCCCC(O)CC=CCCCCCCCC(=O)OC(COC(=O)CCCCCCCC=CCC1OC1CCCCC)COC(=O)CCCCCCCC=CCC1OC1CCCCC. The molecule has 2 heterocycles. The molecule has 0 aromatic rings. The summed E-state index contributed by atoms with van der Waals surface area (Å²) in [4.78, 5) is 38.1. The van der Waals surface area contributed by atoms with Crippen molar-refractivity contribution >= 4 is 17.9 Å². The topological polar surface area (TPSA) is 124 Å². The largest absolute Gasteiger partial charge is 0.462 e. The summed E-state index contributed by atoms with van der Waals surface area (Å²) in [6.07, 6.45) is 51.9. The highest BCUT2D eigenvalue weighted by Gasteiger charge is 2.37. The first kappa shape index (κ1) is 59.6. The Kier molecular flexibility index (Phi) is 38.5. The van der Waals surface area contributed by atoms with E-state index in [1.54, 1.807) is 0 Å². The van der Waals surface area contributed by atoms with E-state index >= 15 is 0 Å². The van der Waals surface area contributed by atoms with Crippen molar-refractivity contribution in [2.24, 2.45) is 0 Å². The second-order valence-corrected chi connectivity index (χ2v) is 19.4. The number of esters is 3. The van der Waals surface area contributed by atoms with Crippen LogP contribution < -0.4 is 0 Å².